The Hall–Kier alpha value is -0.870. The van der Waals surface area contributed by atoms with E-state index in [-0.39, 0.29) is 41.8 Å². The molecule has 2 saturated heterocycles. The molecule has 0 aromatic heterocycles. The number of aliphatic imine (C=N–C) groups is 1. The van der Waals surface area contributed by atoms with E-state index in [1.807, 2.05) is 6.92 Å². The quantitative estimate of drug-likeness (QED) is 0.333. The fourth-order valence-electron chi connectivity index (χ4n) is 3.98. The Labute approximate surface area is 192 Å². The zero-order valence-corrected chi connectivity index (χ0v) is 20.5. The summed E-state index contributed by atoms with van der Waals surface area (Å²) in [4.78, 5) is 4.64. The summed E-state index contributed by atoms with van der Waals surface area (Å²) in [5.41, 5.74) is 2.49. The van der Waals surface area contributed by atoms with E-state index < -0.39 is 9.84 Å². The van der Waals surface area contributed by atoms with Gasteiger partial charge in [-0.2, -0.15) is 0 Å². The third kappa shape index (κ3) is 7.40. The number of ether oxygens (including phenoxy) is 1. The Bertz CT molecular complexity index is 768. The molecule has 0 radical (unpaired) electrons. The minimum absolute atomic E-state index is 0. The van der Waals surface area contributed by atoms with Crippen molar-refractivity contribution in [1.29, 1.82) is 0 Å². The first-order chi connectivity index (χ1) is 13.5. The van der Waals surface area contributed by atoms with E-state index in [1.165, 1.54) is 11.1 Å². The average Bonchev–Trinajstić information content (AvgIpc) is 3.04. The summed E-state index contributed by atoms with van der Waals surface area (Å²) < 4.78 is 29.4. The van der Waals surface area contributed by atoms with Crippen LogP contribution in [0.5, 0.6) is 0 Å². The molecule has 3 rings (SSSR count). The summed E-state index contributed by atoms with van der Waals surface area (Å²) in [7, 11) is -2.85. The maximum absolute atomic E-state index is 11.6. The minimum atomic E-state index is -2.85. The lowest BCUT2D eigenvalue weighted by atomic mass is 9.89. The molecule has 6 nitrogen and oxygen atoms in total. The predicted octanol–water partition coefficient (Wildman–Crippen LogP) is 3.07. The summed E-state index contributed by atoms with van der Waals surface area (Å²) in [5.74, 6) is 1.85. The van der Waals surface area contributed by atoms with Gasteiger partial charge in [-0.25, -0.2) is 8.42 Å². The molecule has 0 spiro atoms. The molecule has 2 aliphatic rings. The zero-order valence-electron chi connectivity index (χ0n) is 17.4. The topological polar surface area (TPSA) is 79.8 Å². The van der Waals surface area contributed by atoms with Gasteiger partial charge in [0.05, 0.1) is 17.6 Å². The van der Waals surface area contributed by atoms with Crippen LogP contribution in [0.15, 0.2) is 29.3 Å². The minimum Gasteiger partial charge on any atom is -0.373 e. The number of sulfone groups is 1. The average molecular weight is 535 g/mol. The van der Waals surface area contributed by atoms with Crippen molar-refractivity contribution in [1.82, 2.24) is 10.6 Å². The molecule has 3 unspecified atom stereocenters. The normalized spacial score (nSPS) is 26.6. The smallest absolute Gasteiger partial charge is 0.191 e. The number of nitrogens with one attached hydrogen (secondary N) is 2. The molecule has 164 valence electrons. The molecule has 0 aliphatic carbocycles. The summed E-state index contributed by atoms with van der Waals surface area (Å²) >= 11 is 0. The monoisotopic (exact) mass is 535 g/mol. The second-order valence-electron chi connectivity index (χ2n) is 7.97. The predicted molar refractivity (Wildman–Crippen MR) is 129 cm³/mol. The van der Waals surface area contributed by atoms with Gasteiger partial charge in [-0.1, -0.05) is 29.8 Å². The lowest BCUT2D eigenvalue weighted by molar-refractivity contribution is -0.0265. The number of guanidine groups is 1. The van der Waals surface area contributed by atoms with Gasteiger partial charge >= 0.3 is 0 Å². The van der Waals surface area contributed by atoms with Crippen molar-refractivity contribution in [2.45, 2.75) is 39.2 Å². The van der Waals surface area contributed by atoms with Gasteiger partial charge in [0.25, 0.3) is 0 Å². The molecule has 2 heterocycles. The van der Waals surface area contributed by atoms with E-state index in [9.17, 15) is 8.42 Å². The highest BCUT2D eigenvalue weighted by molar-refractivity contribution is 14.0. The van der Waals surface area contributed by atoms with Gasteiger partial charge in [-0.15, -0.1) is 24.0 Å². The second-order valence-corrected chi connectivity index (χ2v) is 10.2. The number of hydrogen-bond donors (Lipinski definition) is 2. The van der Waals surface area contributed by atoms with Crippen LogP contribution >= 0.6 is 24.0 Å². The van der Waals surface area contributed by atoms with Crippen LogP contribution in [0.2, 0.25) is 0 Å². The van der Waals surface area contributed by atoms with E-state index >= 15 is 0 Å². The molecule has 1 aromatic rings. The maximum Gasteiger partial charge on any atom is 0.191 e. The van der Waals surface area contributed by atoms with Crippen LogP contribution in [0, 0.1) is 18.8 Å². The number of nitrogens with zero attached hydrogens (tertiary/aromatic N) is 1. The third-order valence-electron chi connectivity index (χ3n) is 5.56. The largest absolute Gasteiger partial charge is 0.373 e. The fraction of sp³-hybridized carbons (Fsp3) is 0.667. The van der Waals surface area contributed by atoms with E-state index in [4.69, 9.17) is 4.74 Å². The van der Waals surface area contributed by atoms with Crippen molar-refractivity contribution in [2.75, 3.05) is 37.7 Å². The molecule has 2 fully saturated rings. The first-order valence-electron chi connectivity index (χ1n) is 10.4. The highest BCUT2D eigenvalue weighted by Crippen LogP contribution is 2.33. The highest BCUT2D eigenvalue weighted by atomic mass is 127. The number of rotatable bonds is 6. The van der Waals surface area contributed by atoms with E-state index in [1.54, 1.807) is 0 Å². The van der Waals surface area contributed by atoms with Gasteiger partial charge < -0.3 is 15.4 Å². The molecule has 0 saturated carbocycles. The van der Waals surface area contributed by atoms with Crippen molar-refractivity contribution in [3.63, 3.8) is 0 Å². The van der Waals surface area contributed by atoms with Crippen molar-refractivity contribution in [2.24, 2.45) is 16.8 Å². The van der Waals surface area contributed by atoms with Gasteiger partial charge in [0.2, 0.25) is 0 Å². The lowest BCUT2D eigenvalue weighted by Gasteiger charge is -2.32. The molecule has 0 amide bonds. The van der Waals surface area contributed by atoms with Crippen LogP contribution in [0.4, 0.5) is 0 Å². The number of benzene rings is 1. The van der Waals surface area contributed by atoms with Gasteiger partial charge in [0.15, 0.2) is 15.8 Å². The Morgan fingerprint density at radius 2 is 1.97 bits per heavy atom. The van der Waals surface area contributed by atoms with E-state index in [0.717, 1.165) is 44.9 Å². The van der Waals surface area contributed by atoms with Gasteiger partial charge in [-0.05, 0) is 44.6 Å². The van der Waals surface area contributed by atoms with Gasteiger partial charge in [0, 0.05) is 32.2 Å². The van der Waals surface area contributed by atoms with Crippen LogP contribution in [0.3, 0.4) is 0 Å². The number of halogens is 1. The molecule has 0 bridgehead atoms. The first kappa shape index (κ1) is 24.4. The Kier molecular flexibility index (Phi) is 9.68. The second kappa shape index (κ2) is 11.5. The number of aryl methyl sites for hydroxylation is 1. The molecule has 2 aliphatic heterocycles. The van der Waals surface area contributed by atoms with Gasteiger partial charge in [0.1, 0.15) is 0 Å². The summed E-state index contributed by atoms with van der Waals surface area (Å²) in [5, 5.41) is 6.73. The van der Waals surface area contributed by atoms with Crippen molar-refractivity contribution in [3.8, 4) is 0 Å². The fourth-order valence-corrected chi connectivity index (χ4v) is 5.83. The third-order valence-corrected chi connectivity index (χ3v) is 7.40. The number of hydrogen-bond acceptors (Lipinski definition) is 4. The van der Waals surface area contributed by atoms with Crippen molar-refractivity contribution >= 4 is 39.8 Å². The molecular weight excluding hydrogens is 501 g/mol. The first-order valence-corrected chi connectivity index (χ1v) is 12.2. The summed E-state index contributed by atoms with van der Waals surface area (Å²) in [6.07, 6.45) is 3.01. The van der Waals surface area contributed by atoms with Crippen LogP contribution in [-0.4, -0.2) is 52.1 Å². The Morgan fingerprint density at radius 3 is 2.62 bits per heavy atom. The van der Waals surface area contributed by atoms with Crippen LogP contribution < -0.4 is 10.6 Å². The molecule has 3 atom stereocenters. The SMILES string of the molecule is CCNC(=NCC1CCS(=O)(=O)C1)NCC1CCCOC1c1ccc(C)cc1.I. The molecule has 2 N–H and O–H groups in total. The Morgan fingerprint density at radius 1 is 1.21 bits per heavy atom. The molecule has 8 heteroatoms. The van der Waals surface area contributed by atoms with Crippen molar-refractivity contribution in [3.05, 3.63) is 35.4 Å². The van der Waals surface area contributed by atoms with E-state index in [2.05, 4.69) is 46.8 Å². The maximum atomic E-state index is 11.6. The lowest BCUT2D eigenvalue weighted by Crippen LogP contribution is -2.42. The van der Waals surface area contributed by atoms with E-state index in [0.29, 0.717) is 18.2 Å². The van der Waals surface area contributed by atoms with Crippen LogP contribution in [-0.2, 0) is 14.6 Å². The van der Waals surface area contributed by atoms with Crippen molar-refractivity contribution < 1.29 is 13.2 Å². The van der Waals surface area contributed by atoms with Crippen LogP contribution in [0.1, 0.15) is 43.4 Å². The molecular formula is C21H34IN3O3S. The van der Waals surface area contributed by atoms with Crippen LogP contribution in [0.25, 0.3) is 0 Å². The zero-order chi connectivity index (χ0) is 20.0. The summed E-state index contributed by atoms with van der Waals surface area (Å²) in [6.45, 7) is 7.05. The summed E-state index contributed by atoms with van der Waals surface area (Å²) in [6, 6.07) is 8.61. The highest BCUT2D eigenvalue weighted by Gasteiger charge is 2.29. The molecule has 1 aromatic carbocycles. The standard InChI is InChI=1S/C21H33N3O3S.HI/c1-3-22-21(23-13-17-10-12-28(25,26)15-17)24-14-19-5-4-11-27-20(19)18-8-6-16(2)7-9-18;/h6-9,17,19-20H,3-5,10-15H2,1-2H3,(H2,22,23,24);1H. The molecule has 29 heavy (non-hydrogen) atoms. The van der Waals surface area contributed by atoms with Gasteiger partial charge in [-0.3, -0.25) is 4.99 Å². The Balaban J connectivity index is 0.00000300.